The number of aryl methyl sites for hydroxylation is 2. The molecule has 7 nitrogen and oxygen atoms in total. The van der Waals surface area contributed by atoms with E-state index in [1.165, 1.54) is 0 Å². The minimum atomic E-state index is -3.38. The average molecular weight is 376 g/mol. The quantitative estimate of drug-likeness (QED) is 0.775. The Labute approximate surface area is 153 Å². The molecule has 0 fully saturated rings. The van der Waals surface area contributed by atoms with Crippen LogP contribution in [0, 0.1) is 0 Å². The highest BCUT2D eigenvalue weighted by Crippen LogP contribution is 2.15. The number of amides is 1. The minimum absolute atomic E-state index is 0.0500. The molecule has 0 spiro atoms. The Morgan fingerprint density at radius 1 is 1.31 bits per heavy atom. The number of sulfonamides is 1. The van der Waals surface area contributed by atoms with Crippen LogP contribution in [0.25, 0.3) is 0 Å². The highest BCUT2D eigenvalue weighted by molar-refractivity contribution is 7.92. The first-order chi connectivity index (χ1) is 12.5. The Morgan fingerprint density at radius 2 is 2.15 bits per heavy atom. The first kappa shape index (κ1) is 18.4. The van der Waals surface area contributed by atoms with E-state index >= 15 is 0 Å². The molecule has 1 aromatic heterocycles. The molecule has 0 unspecified atom stereocenters. The number of nitrogens with zero attached hydrogens (tertiary/aromatic N) is 2. The maximum Gasteiger partial charge on any atom is 0.251 e. The molecule has 0 saturated heterocycles. The zero-order valence-corrected chi connectivity index (χ0v) is 15.7. The van der Waals surface area contributed by atoms with E-state index in [0.717, 1.165) is 37.3 Å². The van der Waals surface area contributed by atoms with Gasteiger partial charge in [-0.15, -0.1) is 0 Å². The molecule has 0 radical (unpaired) electrons. The van der Waals surface area contributed by atoms with Gasteiger partial charge >= 0.3 is 0 Å². The number of benzene rings is 1. The van der Waals surface area contributed by atoms with Crippen LogP contribution in [0.3, 0.4) is 0 Å². The zero-order chi connectivity index (χ0) is 18.6. The van der Waals surface area contributed by atoms with Crippen LogP contribution in [-0.4, -0.2) is 29.6 Å². The van der Waals surface area contributed by atoms with Gasteiger partial charge in [0.1, 0.15) is 5.82 Å². The monoisotopic (exact) mass is 376 g/mol. The van der Waals surface area contributed by atoms with E-state index in [2.05, 4.69) is 19.6 Å². The fourth-order valence-electron chi connectivity index (χ4n) is 3.05. The Hall–Kier alpha value is -2.35. The number of carbonyl (C=O) groups is 1. The van der Waals surface area contributed by atoms with Crippen molar-refractivity contribution in [2.24, 2.45) is 0 Å². The average Bonchev–Trinajstić information content (AvgIpc) is 3.02. The lowest BCUT2D eigenvalue weighted by Gasteiger charge is -2.11. The number of aromatic nitrogens is 2. The van der Waals surface area contributed by atoms with Gasteiger partial charge in [0.25, 0.3) is 5.91 Å². The van der Waals surface area contributed by atoms with Gasteiger partial charge in [-0.1, -0.05) is 13.0 Å². The van der Waals surface area contributed by atoms with Crippen LogP contribution in [0.5, 0.6) is 0 Å². The van der Waals surface area contributed by atoms with Gasteiger partial charge in [-0.2, -0.15) is 0 Å². The van der Waals surface area contributed by atoms with E-state index in [4.69, 9.17) is 0 Å². The van der Waals surface area contributed by atoms with E-state index < -0.39 is 10.0 Å². The number of hydrogen-bond acceptors (Lipinski definition) is 4. The van der Waals surface area contributed by atoms with Crippen LogP contribution >= 0.6 is 0 Å². The summed E-state index contributed by atoms with van der Waals surface area (Å²) in [7, 11) is -3.38. The summed E-state index contributed by atoms with van der Waals surface area (Å²) in [6, 6.07) is 6.49. The molecule has 140 valence electrons. The van der Waals surface area contributed by atoms with Crippen molar-refractivity contribution in [3.05, 3.63) is 47.5 Å². The Kier molecular flexibility index (Phi) is 5.61. The van der Waals surface area contributed by atoms with Crippen molar-refractivity contribution >= 4 is 21.6 Å². The van der Waals surface area contributed by atoms with Crippen LogP contribution in [0.1, 0.15) is 48.1 Å². The number of hydrogen-bond donors (Lipinski definition) is 2. The van der Waals surface area contributed by atoms with E-state index in [1.807, 2.05) is 6.20 Å². The third kappa shape index (κ3) is 4.63. The fraction of sp³-hybridized carbons (Fsp3) is 0.444. The van der Waals surface area contributed by atoms with Gasteiger partial charge in [0.15, 0.2) is 0 Å². The van der Waals surface area contributed by atoms with Crippen LogP contribution < -0.4 is 10.0 Å². The molecule has 2 aromatic rings. The smallest absolute Gasteiger partial charge is 0.251 e. The highest BCUT2D eigenvalue weighted by atomic mass is 32.2. The molecule has 3 rings (SSSR count). The molecule has 0 aliphatic carbocycles. The molecule has 1 aliphatic rings. The van der Waals surface area contributed by atoms with Crippen LogP contribution in [0.15, 0.2) is 30.5 Å². The molecule has 2 heterocycles. The van der Waals surface area contributed by atoms with Gasteiger partial charge in [0, 0.05) is 30.4 Å². The molecule has 1 amide bonds. The van der Waals surface area contributed by atoms with Gasteiger partial charge in [-0.25, -0.2) is 13.4 Å². The van der Waals surface area contributed by atoms with Crippen molar-refractivity contribution in [1.29, 1.82) is 0 Å². The number of fused-ring (bicyclic) bond motifs is 1. The summed E-state index contributed by atoms with van der Waals surface area (Å²) >= 11 is 0. The van der Waals surface area contributed by atoms with Gasteiger partial charge in [-0.3, -0.25) is 9.52 Å². The summed E-state index contributed by atoms with van der Waals surface area (Å²) in [5.74, 6) is 0.870. The lowest BCUT2D eigenvalue weighted by molar-refractivity contribution is 0.0950. The summed E-state index contributed by atoms with van der Waals surface area (Å²) in [4.78, 5) is 16.9. The van der Waals surface area contributed by atoms with Gasteiger partial charge in [0.2, 0.25) is 10.0 Å². The molecule has 26 heavy (non-hydrogen) atoms. The first-order valence-electron chi connectivity index (χ1n) is 8.90. The molecule has 1 aliphatic heterocycles. The SMILES string of the molecule is CCCS(=O)(=O)Nc1cccc(C(=O)NCc2cn3c(n2)CCCC3)c1. The molecular formula is C18H24N4O3S. The number of nitrogens with one attached hydrogen (secondary N) is 2. The maximum atomic E-state index is 12.4. The van der Waals surface area contributed by atoms with Gasteiger partial charge < -0.3 is 9.88 Å². The van der Waals surface area contributed by atoms with E-state index in [0.29, 0.717) is 24.2 Å². The van der Waals surface area contributed by atoms with Crippen molar-refractivity contribution in [3.8, 4) is 0 Å². The fourth-order valence-corrected chi connectivity index (χ4v) is 4.18. The van der Waals surface area contributed by atoms with Crippen molar-refractivity contribution in [2.75, 3.05) is 10.5 Å². The van der Waals surface area contributed by atoms with Gasteiger partial charge in [0.05, 0.1) is 18.0 Å². The highest BCUT2D eigenvalue weighted by Gasteiger charge is 2.14. The van der Waals surface area contributed by atoms with E-state index in [-0.39, 0.29) is 11.7 Å². The number of rotatable bonds is 7. The molecular weight excluding hydrogens is 352 g/mol. The predicted octanol–water partition coefficient (Wildman–Crippen LogP) is 2.30. The number of imidazole rings is 1. The summed E-state index contributed by atoms with van der Waals surface area (Å²) in [5.41, 5.74) is 1.64. The molecule has 0 atom stereocenters. The first-order valence-corrected chi connectivity index (χ1v) is 10.6. The molecule has 2 N–H and O–H groups in total. The third-order valence-corrected chi connectivity index (χ3v) is 5.75. The van der Waals surface area contributed by atoms with Crippen molar-refractivity contribution in [2.45, 2.75) is 45.7 Å². The second-order valence-electron chi connectivity index (χ2n) is 6.48. The topological polar surface area (TPSA) is 93.1 Å². The second-order valence-corrected chi connectivity index (χ2v) is 8.33. The van der Waals surface area contributed by atoms with Crippen molar-refractivity contribution < 1.29 is 13.2 Å². The Bertz CT molecular complexity index is 866. The summed E-state index contributed by atoms with van der Waals surface area (Å²) in [6.07, 6.45) is 5.82. The van der Waals surface area contributed by atoms with Crippen LogP contribution in [0.2, 0.25) is 0 Å². The van der Waals surface area contributed by atoms with E-state index in [9.17, 15) is 13.2 Å². The lowest BCUT2D eigenvalue weighted by Crippen LogP contribution is -2.23. The molecule has 8 heteroatoms. The Morgan fingerprint density at radius 3 is 2.92 bits per heavy atom. The molecule has 1 aromatic carbocycles. The third-order valence-electron chi connectivity index (χ3n) is 4.26. The largest absolute Gasteiger partial charge is 0.346 e. The Balaban J connectivity index is 1.63. The standard InChI is InChI=1S/C18H24N4O3S/c1-2-10-26(24,25)21-15-7-5-6-14(11-15)18(23)19-12-16-13-22-9-4-3-8-17(22)20-16/h5-7,11,13,21H,2-4,8-10,12H2,1H3,(H,19,23). The number of carbonyl (C=O) groups excluding carboxylic acids is 1. The minimum Gasteiger partial charge on any atom is -0.346 e. The predicted molar refractivity (Wildman–Crippen MR) is 100 cm³/mol. The van der Waals surface area contributed by atoms with Crippen molar-refractivity contribution in [1.82, 2.24) is 14.9 Å². The van der Waals surface area contributed by atoms with Crippen LogP contribution in [0.4, 0.5) is 5.69 Å². The zero-order valence-electron chi connectivity index (χ0n) is 14.9. The molecule has 0 saturated carbocycles. The van der Waals surface area contributed by atoms with Gasteiger partial charge in [-0.05, 0) is 37.5 Å². The van der Waals surface area contributed by atoms with Crippen LogP contribution in [-0.2, 0) is 29.5 Å². The summed E-state index contributed by atoms with van der Waals surface area (Å²) in [6.45, 7) is 3.14. The molecule has 0 bridgehead atoms. The number of anilines is 1. The van der Waals surface area contributed by atoms with Crippen molar-refractivity contribution in [3.63, 3.8) is 0 Å². The van der Waals surface area contributed by atoms with E-state index in [1.54, 1.807) is 31.2 Å². The second kappa shape index (κ2) is 7.90. The normalized spacial score (nSPS) is 13.9. The summed E-state index contributed by atoms with van der Waals surface area (Å²) in [5, 5.41) is 2.85. The lowest BCUT2D eigenvalue weighted by atomic mass is 10.2. The summed E-state index contributed by atoms with van der Waals surface area (Å²) < 4.78 is 28.4. The maximum absolute atomic E-state index is 12.4.